The topological polar surface area (TPSA) is 99.4 Å². The van der Waals surface area contributed by atoms with Crippen LogP contribution < -0.4 is 14.2 Å². The van der Waals surface area contributed by atoms with Gasteiger partial charge in [-0.3, -0.25) is 4.79 Å². The molecule has 0 heterocycles. The molecule has 0 aliphatic carbocycles. The van der Waals surface area contributed by atoms with E-state index in [-0.39, 0.29) is 25.6 Å². The Morgan fingerprint density at radius 1 is 0.946 bits per heavy atom. The summed E-state index contributed by atoms with van der Waals surface area (Å²) >= 11 is 0. The fraction of sp³-hybridized carbons (Fsp3) is 0.276. The van der Waals surface area contributed by atoms with Gasteiger partial charge in [-0.15, -0.1) is 0 Å². The van der Waals surface area contributed by atoms with Gasteiger partial charge in [0.2, 0.25) is 0 Å². The Bertz CT molecular complexity index is 1200. The first-order valence-corrected chi connectivity index (χ1v) is 11.9. The predicted octanol–water partition coefficient (Wildman–Crippen LogP) is 5.09. The van der Waals surface area contributed by atoms with Crippen molar-refractivity contribution in [1.29, 1.82) is 5.26 Å². The first kappa shape index (κ1) is 27.1. The third kappa shape index (κ3) is 8.89. The van der Waals surface area contributed by atoms with E-state index >= 15 is 0 Å². The molecule has 0 unspecified atom stereocenters. The molecule has 3 aromatic rings. The molecule has 0 N–H and O–H groups in total. The van der Waals surface area contributed by atoms with E-state index < -0.39 is 0 Å². The first-order chi connectivity index (χ1) is 18.1. The van der Waals surface area contributed by atoms with E-state index in [9.17, 15) is 4.79 Å². The van der Waals surface area contributed by atoms with Crippen LogP contribution in [0.1, 0.15) is 30.0 Å². The van der Waals surface area contributed by atoms with Crippen LogP contribution in [0.4, 0.5) is 0 Å². The maximum atomic E-state index is 11.7. The van der Waals surface area contributed by atoms with Crippen LogP contribution in [0, 0.1) is 11.3 Å². The SMILES string of the molecule is CCOC(=O)CCc1ccc(OCc2ccc(OC/C(=N\OC)c3ccccc3)cc2)cc1OCC#N. The van der Waals surface area contributed by atoms with Crippen LogP contribution in [0.15, 0.2) is 78.0 Å². The van der Waals surface area contributed by atoms with Crippen LogP contribution in [-0.4, -0.2) is 38.6 Å². The van der Waals surface area contributed by atoms with Crippen molar-refractivity contribution in [3.05, 3.63) is 89.5 Å². The molecule has 37 heavy (non-hydrogen) atoms. The van der Waals surface area contributed by atoms with E-state index in [4.69, 9.17) is 29.0 Å². The van der Waals surface area contributed by atoms with Crippen molar-refractivity contribution in [2.24, 2.45) is 5.16 Å². The zero-order valence-corrected chi connectivity index (χ0v) is 21.0. The molecule has 0 amide bonds. The van der Waals surface area contributed by atoms with Crippen LogP contribution >= 0.6 is 0 Å². The number of rotatable bonds is 14. The summed E-state index contributed by atoms with van der Waals surface area (Å²) in [6, 6.07) is 24.6. The molecule has 8 nitrogen and oxygen atoms in total. The summed E-state index contributed by atoms with van der Waals surface area (Å²) in [6.07, 6.45) is 0.679. The average Bonchev–Trinajstić information content (AvgIpc) is 2.93. The minimum Gasteiger partial charge on any atom is -0.489 e. The number of nitrogens with zero attached hydrogens (tertiary/aromatic N) is 2. The molecule has 8 heteroatoms. The molecule has 3 aromatic carbocycles. The standard InChI is InChI=1S/C29H30N2O6/c1-3-34-29(32)16-12-24-11-15-26(19-28(24)35-18-17-30)36-20-22-9-13-25(14-10-22)37-21-27(31-33-2)23-7-5-4-6-8-23/h4-11,13-15,19H,3,12,16,18,20-21H2,1-2H3/b31-27+. The highest BCUT2D eigenvalue weighted by Crippen LogP contribution is 2.27. The van der Waals surface area contributed by atoms with Gasteiger partial charge in [0.1, 0.15) is 49.4 Å². The highest BCUT2D eigenvalue weighted by Gasteiger charge is 2.11. The summed E-state index contributed by atoms with van der Waals surface area (Å²) in [5, 5.41) is 13.0. The second kappa shape index (κ2) is 14.8. The molecule has 0 saturated carbocycles. The monoisotopic (exact) mass is 502 g/mol. The van der Waals surface area contributed by atoms with Gasteiger partial charge in [-0.1, -0.05) is 53.7 Å². The van der Waals surface area contributed by atoms with E-state index in [0.717, 1.165) is 16.7 Å². The van der Waals surface area contributed by atoms with Gasteiger partial charge in [-0.2, -0.15) is 5.26 Å². The lowest BCUT2D eigenvalue weighted by molar-refractivity contribution is -0.143. The van der Waals surface area contributed by atoms with Gasteiger partial charge in [-0.25, -0.2) is 0 Å². The molecule has 0 saturated heterocycles. The molecule has 0 bridgehead atoms. The van der Waals surface area contributed by atoms with E-state index in [2.05, 4.69) is 5.16 Å². The lowest BCUT2D eigenvalue weighted by Crippen LogP contribution is -2.13. The molecule has 0 fully saturated rings. The number of oxime groups is 1. The Balaban J connectivity index is 1.57. The van der Waals surface area contributed by atoms with Gasteiger partial charge in [-0.05, 0) is 42.7 Å². The van der Waals surface area contributed by atoms with Gasteiger partial charge in [0.05, 0.1) is 6.61 Å². The Labute approximate surface area is 217 Å². The predicted molar refractivity (Wildman–Crippen MR) is 139 cm³/mol. The van der Waals surface area contributed by atoms with E-state index in [1.807, 2.05) is 72.8 Å². The van der Waals surface area contributed by atoms with Crippen LogP contribution in [0.25, 0.3) is 0 Å². The molecule has 192 valence electrons. The van der Waals surface area contributed by atoms with Crippen molar-refractivity contribution in [2.75, 3.05) is 26.9 Å². The van der Waals surface area contributed by atoms with E-state index in [1.165, 1.54) is 7.11 Å². The minimum atomic E-state index is -0.274. The van der Waals surface area contributed by atoms with Gasteiger partial charge in [0.15, 0.2) is 6.61 Å². The second-order valence-corrected chi connectivity index (χ2v) is 7.83. The van der Waals surface area contributed by atoms with Crippen molar-refractivity contribution >= 4 is 11.7 Å². The molecule has 0 radical (unpaired) electrons. The number of nitriles is 1. The molecule has 0 aliphatic rings. The van der Waals surface area contributed by atoms with E-state index in [1.54, 1.807) is 13.0 Å². The summed E-state index contributed by atoms with van der Waals surface area (Å²) in [7, 11) is 1.51. The summed E-state index contributed by atoms with van der Waals surface area (Å²) in [4.78, 5) is 16.7. The van der Waals surface area contributed by atoms with Gasteiger partial charge in [0, 0.05) is 18.1 Å². The third-order valence-corrected chi connectivity index (χ3v) is 5.25. The second-order valence-electron chi connectivity index (χ2n) is 7.83. The summed E-state index contributed by atoms with van der Waals surface area (Å²) in [6.45, 7) is 2.61. The van der Waals surface area contributed by atoms with Crippen molar-refractivity contribution in [2.45, 2.75) is 26.4 Å². The third-order valence-electron chi connectivity index (χ3n) is 5.25. The number of hydrogen-bond donors (Lipinski definition) is 0. The molecule has 0 atom stereocenters. The smallest absolute Gasteiger partial charge is 0.306 e. The maximum Gasteiger partial charge on any atom is 0.306 e. The van der Waals surface area contributed by atoms with Crippen molar-refractivity contribution in [1.82, 2.24) is 0 Å². The Hall–Kier alpha value is -4.51. The maximum absolute atomic E-state index is 11.7. The quantitative estimate of drug-likeness (QED) is 0.172. The minimum absolute atomic E-state index is 0.0988. The number of esters is 1. The highest BCUT2D eigenvalue weighted by atomic mass is 16.6. The Morgan fingerprint density at radius 2 is 1.70 bits per heavy atom. The zero-order valence-electron chi connectivity index (χ0n) is 21.0. The van der Waals surface area contributed by atoms with Crippen molar-refractivity contribution in [3.8, 4) is 23.3 Å². The highest BCUT2D eigenvalue weighted by molar-refractivity contribution is 6.01. The number of carbonyl (C=O) groups is 1. The Kier molecular flexibility index (Phi) is 10.8. The van der Waals surface area contributed by atoms with Crippen LogP contribution in [0.5, 0.6) is 17.2 Å². The van der Waals surface area contributed by atoms with Gasteiger partial charge >= 0.3 is 5.97 Å². The molecular weight excluding hydrogens is 472 g/mol. The zero-order chi connectivity index (χ0) is 26.3. The number of aryl methyl sites for hydroxylation is 1. The van der Waals surface area contributed by atoms with Crippen LogP contribution in [0.2, 0.25) is 0 Å². The lowest BCUT2D eigenvalue weighted by Gasteiger charge is -2.13. The normalized spacial score (nSPS) is 10.8. The fourth-order valence-corrected chi connectivity index (χ4v) is 3.45. The largest absolute Gasteiger partial charge is 0.489 e. The number of ether oxygens (including phenoxy) is 4. The summed E-state index contributed by atoms with van der Waals surface area (Å²) < 4.78 is 22.4. The first-order valence-electron chi connectivity index (χ1n) is 11.9. The van der Waals surface area contributed by atoms with Crippen molar-refractivity contribution in [3.63, 3.8) is 0 Å². The van der Waals surface area contributed by atoms with Crippen LogP contribution in [0.3, 0.4) is 0 Å². The molecule has 0 aliphatic heterocycles. The lowest BCUT2D eigenvalue weighted by atomic mass is 10.1. The van der Waals surface area contributed by atoms with Crippen LogP contribution in [-0.2, 0) is 27.4 Å². The summed E-state index contributed by atoms with van der Waals surface area (Å²) in [5.41, 5.74) is 3.38. The fourth-order valence-electron chi connectivity index (χ4n) is 3.45. The van der Waals surface area contributed by atoms with Gasteiger partial charge < -0.3 is 23.8 Å². The molecule has 0 spiro atoms. The molecule has 3 rings (SSSR count). The average molecular weight is 503 g/mol. The Morgan fingerprint density at radius 3 is 2.41 bits per heavy atom. The molecule has 0 aromatic heterocycles. The van der Waals surface area contributed by atoms with Gasteiger partial charge in [0.25, 0.3) is 0 Å². The van der Waals surface area contributed by atoms with Crippen molar-refractivity contribution < 1.29 is 28.6 Å². The number of hydrogen-bond acceptors (Lipinski definition) is 8. The molecular formula is C29H30N2O6. The van der Waals surface area contributed by atoms with E-state index in [0.29, 0.717) is 42.6 Å². The number of benzene rings is 3. The number of carbonyl (C=O) groups excluding carboxylic acids is 1. The summed E-state index contributed by atoms with van der Waals surface area (Å²) in [5.74, 6) is 1.53.